The quantitative estimate of drug-likeness (QED) is 0.816. The molecule has 1 amide bonds. The molecule has 17 heavy (non-hydrogen) atoms. The number of alkyl halides is 1. The average Bonchev–Trinajstić information content (AvgIpc) is 3.16. The van der Waals surface area contributed by atoms with Crippen LogP contribution in [0.25, 0.3) is 0 Å². The number of ether oxygens (including phenoxy) is 1. The summed E-state index contributed by atoms with van der Waals surface area (Å²) in [5.74, 6) is 0.946. The molecule has 0 radical (unpaired) electrons. The third kappa shape index (κ3) is 2.69. The number of halogens is 1. The lowest BCUT2D eigenvalue weighted by atomic mass is 10.1. The molecule has 1 N–H and O–H groups in total. The number of nitrogens with one attached hydrogen (secondary N) is 1. The van der Waals surface area contributed by atoms with Gasteiger partial charge < -0.3 is 10.1 Å². The Morgan fingerprint density at radius 2 is 2.41 bits per heavy atom. The van der Waals surface area contributed by atoms with Crippen molar-refractivity contribution in [2.24, 2.45) is 5.41 Å². The summed E-state index contributed by atoms with van der Waals surface area (Å²) >= 11 is 5.86. The summed E-state index contributed by atoms with van der Waals surface area (Å²) < 4.78 is 5.09. The molecule has 0 atom stereocenters. The Kier molecular flexibility index (Phi) is 3.52. The highest BCUT2D eigenvalue weighted by molar-refractivity contribution is 6.18. The van der Waals surface area contributed by atoms with E-state index in [-0.39, 0.29) is 11.3 Å². The third-order valence-corrected chi connectivity index (χ3v) is 3.68. The molecule has 92 valence electrons. The second-order valence-electron chi connectivity index (χ2n) is 4.39. The minimum atomic E-state index is -0.138. The standard InChI is InChI=1S/C12H15ClN2O2/c1-17-10-6-14-5-2-9(10)11(16)15-8-12(7-13)3-4-12/h2,5-6H,3-4,7-8H2,1H3,(H,15,16). The summed E-state index contributed by atoms with van der Waals surface area (Å²) in [6.45, 7) is 0.626. The number of nitrogens with zero attached hydrogens (tertiary/aromatic N) is 1. The predicted molar refractivity (Wildman–Crippen MR) is 65.5 cm³/mol. The van der Waals surface area contributed by atoms with Crippen molar-refractivity contribution in [3.63, 3.8) is 0 Å². The fourth-order valence-corrected chi connectivity index (χ4v) is 1.99. The van der Waals surface area contributed by atoms with Crippen LogP contribution in [-0.2, 0) is 0 Å². The van der Waals surface area contributed by atoms with Crippen LogP contribution in [0.3, 0.4) is 0 Å². The van der Waals surface area contributed by atoms with Crippen molar-refractivity contribution in [1.29, 1.82) is 0 Å². The number of aromatic nitrogens is 1. The zero-order valence-electron chi connectivity index (χ0n) is 9.70. The second kappa shape index (κ2) is 4.92. The van der Waals surface area contributed by atoms with Crippen LogP contribution < -0.4 is 10.1 Å². The van der Waals surface area contributed by atoms with Crippen molar-refractivity contribution in [1.82, 2.24) is 10.3 Å². The molecule has 0 aliphatic heterocycles. The molecule has 0 aromatic carbocycles. The van der Waals surface area contributed by atoms with Crippen molar-refractivity contribution >= 4 is 17.5 Å². The first-order chi connectivity index (χ1) is 8.21. The zero-order chi connectivity index (χ0) is 12.3. The van der Waals surface area contributed by atoms with Crippen molar-refractivity contribution in [2.75, 3.05) is 19.5 Å². The smallest absolute Gasteiger partial charge is 0.255 e. The molecule has 0 bridgehead atoms. The van der Waals surface area contributed by atoms with E-state index in [2.05, 4.69) is 10.3 Å². The van der Waals surface area contributed by atoms with Gasteiger partial charge in [-0.3, -0.25) is 9.78 Å². The largest absolute Gasteiger partial charge is 0.494 e. The van der Waals surface area contributed by atoms with Crippen molar-refractivity contribution in [2.45, 2.75) is 12.8 Å². The van der Waals surface area contributed by atoms with E-state index in [1.807, 2.05) is 0 Å². The molecule has 1 aliphatic rings. The Labute approximate surface area is 105 Å². The van der Waals surface area contributed by atoms with E-state index in [1.165, 1.54) is 13.3 Å². The monoisotopic (exact) mass is 254 g/mol. The minimum Gasteiger partial charge on any atom is -0.494 e. The molecule has 1 aromatic heterocycles. The number of amides is 1. The molecule has 5 heteroatoms. The van der Waals surface area contributed by atoms with Gasteiger partial charge in [-0.1, -0.05) is 0 Å². The summed E-state index contributed by atoms with van der Waals surface area (Å²) in [5.41, 5.74) is 0.630. The van der Waals surface area contributed by atoms with Crippen LogP contribution in [0.4, 0.5) is 0 Å². The number of rotatable bonds is 5. The number of hydrogen-bond acceptors (Lipinski definition) is 3. The Balaban J connectivity index is 1.99. The van der Waals surface area contributed by atoms with Crippen LogP contribution in [-0.4, -0.2) is 30.4 Å². The Morgan fingerprint density at radius 3 is 3.00 bits per heavy atom. The van der Waals surface area contributed by atoms with Gasteiger partial charge in [0, 0.05) is 24.0 Å². The minimum absolute atomic E-state index is 0.123. The zero-order valence-corrected chi connectivity index (χ0v) is 10.5. The number of methoxy groups -OCH3 is 1. The van der Waals surface area contributed by atoms with Crippen LogP contribution in [0.1, 0.15) is 23.2 Å². The molecule has 1 fully saturated rings. The Morgan fingerprint density at radius 1 is 1.65 bits per heavy atom. The van der Waals surface area contributed by atoms with E-state index < -0.39 is 0 Å². The van der Waals surface area contributed by atoms with E-state index in [4.69, 9.17) is 16.3 Å². The summed E-state index contributed by atoms with van der Waals surface area (Å²) in [7, 11) is 1.52. The number of hydrogen-bond donors (Lipinski definition) is 1. The van der Waals surface area contributed by atoms with Gasteiger partial charge in [-0.05, 0) is 18.9 Å². The summed E-state index contributed by atoms with van der Waals surface area (Å²) in [6, 6.07) is 1.65. The SMILES string of the molecule is COc1cnccc1C(=O)NCC1(CCl)CC1. The summed E-state index contributed by atoms with van der Waals surface area (Å²) in [5, 5.41) is 2.90. The highest BCUT2D eigenvalue weighted by Gasteiger charge is 2.41. The first kappa shape index (κ1) is 12.2. The lowest BCUT2D eigenvalue weighted by Gasteiger charge is -2.13. The number of pyridine rings is 1. The molecule has 0 unspecified atom stereocenters. The Hall–Kier alpha value is -1.29. The normalized spacial score (nSPS) is 16.4. The fourth-order valence-electron chi connectivity index (χ4n) is 1.63. The van der Waals surface area contributed by atoms with Gasteiger partial charge in [0.25, 0.3) is 5.91 Å². The van der Waals surface area contributed by atoms with Gasteiger partial charge in [0.15, 0.2) is 0 Å². The lowest BCUT2D eigenvalue weighted by Crippen LogP contribution is -2.31. The van der Waals surface area contributed by atoms with E-state index in [1.54, 1.807) is 12.3 Å². The highest BCUT2D eigenvalue weighted by atomic mass is 35.5. The summed E-state index contributed by atoms with van der Waals surface area (Å²) in [4.78, 5) is 15.9. The maximum absolute atomic E-state index is 12.0. The first-order valence-electron chi connectivity index (χ1n) is 5.53. The molecule has 0 saturated heterocycles. The van der Waals surface area contributed by atoms with E-state index in [0.29, 0.717) is 23.7 Å². The number of carbonyl (C=O) groups excluding carboxylic acids is 1. The van der Waals surface area contributed by atoms with E-state index >= 15 is 0 Å². The van der Waals surface area contributed by atoms with Gasteiger partial charge in [-0.15, -0.1) is 11.6 Å². The Bertz CT molecular complexity index is 419. The predicted octanol–water partition coefficient (Wildman–Crippen LogP) is 1.84. The van der Waals surface area contributed by atoms with Crippen molar-refractivity contribution in [3.8, 4) is 5.75 Å². The molecule has 0 spiro atoms. The average molecular weight is 255 g/mol. The van der Waals surface area contributed by atoms with Gasteiger partial charge >= 0.3 is 0 Å². The van der Waals surface area contributed by atoms with Crippen LogP contribution in [0.2, 0.25) is 0 Å². The van der Waals surface area contributed by atoms with Gasteiger partial charge in [0.1, 0.15) is 5.75 Å². The molecule has 1 saturated carbocycles. The van der Waals surface area contributed by atoms with Crippen LogP contribution in [0.5, 0.6) is 5.75 Å². The van der Waals surface area contributed by atoms with Gasteiger partial charge in [-0.25, -0.2) is 0 Å². The van der Waals surface area contributed by atoms with E-state index in [9.17, 15) is 4.79 Å². The van der Waals surface area contributed by atoms with E-state index in [0.717, 1.165) is 12.8 Å². The second-order valence-corrected chi connectivity index (χ2v) is 4.66. The van der Waals surface area contributed by atoms with Crippen LogP contribution in [0.15, 0.2) is 18.5 Å². The van der Waals surface area contributed by atoms with Gasteiger partial charge in [0.05, 0.1) is 18.9 Å². The first-order valence-corrected chi connectivity index (χ1v) is 6.06. The maximum Gasteiger partial charge on any atom is 0.255 e. The summed E-state index contributed by atoms with van der Waals surface area (Å²) in [6.07, 6.45) is 5.28. The molecule has 1 aliphatic carbocycles. The maximum atomic E-state index is 12.0. The molecule has 2 rings (SSSR count). The molecular weight excluding hydrogens is 240 g/mol. The molecule has 1 aromatic rings. The van der Waals surface area contributed by atoms with Crippen molar-refractivity contribution in [3.05, 3.63) is 24.0 Å². The third-order valence-electron chi connectivity index (χ3n) is 3.11. The van der Waals surface area contributed by atoms with Crippen LogP contribution in [0, 0.1) is 5.41 Å². The molecule has 4 nitrogen and oxygen atoms in total. The van der Waals surface area contributed by atoms with Gasteiger partial charge in [-0.2, -0.15) is 0 Å². The highest BCUT2D eigenvalue weighted by Crippen LogP contribution is 2.45. The molecular formula is C12H15ClN2O2. The number of carbonyl (C=O) groups is 1. The lowest BCUT2D eigenvalue weighted by molar-refractivity contribution is 0.0943. The fraction of sp³-hybridized carbons (Fsp3) is 0.500. The van der Waals surface area contributed by atoms with Crippen molar-refractivity contribution < 1.29 is 9.53 Å². The van der Waals surface area contributed by atoms with Gasteiger partial charge in [0.2, 0.25) is 0 Å². The van der Waals surface area contributed by atoms with Crippen LogP contribution >= 0.6 is 11.6 Å². The molecule has 1 heterocycles. The topological polar surface area (TPSA) is 51.2 Å².